The fourth-order valence-electron chi connectivity index (χ4n) is 2.60. The van der Waals surface area contributed by atoms with Crippen LogP contribution in [-0.2, 0) is 23.1 Å². The number of nitrogens with one attached hydrogen (secondary N) is 1. The van der Waals surface area contributed by atoms with Gasteiger partial charge in [0.1, 0.15) is 5.65 Å². The molecule has 1 aliphatic heterocycles. The van der Waals surface area contributed by atoms with Crippen molar-refractivity contribution in [3.05, 3.63) is 30.1 Å². The molecule has 3 heterocycles. The predicted octanol–water partition coefficient (Wildman–Crippen LogP) is 1.17. The highest BCUT2D eigenvalue weighted by atomic mass is 16.2. The van der Waals surface area contributed by atoms with Crippen molar-refractivity contribution in [2.45, 2.75) is 19.3 Å². The molecule has 0 aliphatic carbocycles. The lowest BCUT2D eigenvalue weighted by Gasteiger charge is -2.20. The summed E-state index contributed by atoms with van der Waals surface area (Å²) in [6.45, 7) is 0. The number of amides is 2. The molecule has 2 amide bonds. The molecule has 1 unspecified atom stereocenters. The van der Waals surface area contributed by atoms with Crippen molar-refractivity contribution in [3.8, 4) is 0 Å². The van der Waals surface area contributed by atoms with Crippen LogP contribution in [0.15, 0.2) is 24.5 Å². The van der Waals surface area contributed by atoms with Crippen LogP contribution in [0.4, 0.5) is 0 Å². The van der Waals surface area contributed by atoms with Crippen LogP contribution in [-0.4, -0.2) is 21.4 Å². The Labute approximate surface area is 110 Å². The highest BCUT2D eigenvalue weighted by Crippen LogP contribution is 2.23. The number of hydrogen-bond acceptors (Lipinski definition) is 3. The molecule has 0 bridgehead atoms. The number of hydrogen-bond donors (Lipinski definition) is 1. The third kappa shape index (κ3) is 2.12. The van der Waals surface area contributed by atoms with Crippen LogP contribution in [0, 0.1) is 5.92 Å². The normalized spacial score (nSPS) is 19.7. The molecular formula is C14H15N3O2. The molecule has 3 rings (SSSR count). The van der Waals surface area contributed by atoms with E-state index in [1.54, 1.807) is 6.20 Å². The molecule has 0 radical (unpaired) electrons. The fraction of sp³-hybridized carbons (Fsp3) is 0.357. The van der Waals surface area contributed by atoms with E-state index in [1.807, 2.05) is 29.9 Å². The van der Waals surface area contributed by atoms with Gasteiger partial charge in [-0.25, -0.2) is 4.98 Å². The van der Waals surface area contributed by atoms with Gasteiger partial charge >= 0.3 is 0 Å². The maximum absolute atomic E-state index is 11.8. The Balaban J connectivity index is 1.89. The number of imide groups is 1. The van der Waals surface area contributed by atoms with Crippen LogP contribution in [0.5, 0.6) is 0 Å². The molecule has 5 nitrogen and oxygen atoms in total. The molecule has 5 heteroatoms. The summed E-state index contributed by atoms with van der Waals surface area (Å²) in [6.07, 6.45) is 5.44. The van der Waals surface area contributed by atoms with Crippen LogP contribution < -0.4 is 5.32 Å². The van der Waals surface area contributed by atoms with Crippen LogP contribution in [0.1, 0.15) is 18.4 Å². The molecule has 19 heavy (non-hydrogen) atoms. The number of carbonyl (C=O) groups excluding carboxylic acids is 2. The van der Waals surface area contributed by atoms with Gasteiger partial charge in [0.2, 0.25) is 11.8 Å². The van der Waals surface area contributed by atoms with Gasteiger partial charge in [-0.3, -0.25) is 14.9 Å². The molecular weight excluding hydrogens is 242 g/mol. The van der Waals surface area contributed by atoms with Crippen LogP contribution in [0.2, 0.25) is 0 Å². The van der Waals surface area contributed by atoms with Crippen molar-refractivity contribution in [2.24, 2.45) is 13.0 Å². The van der Waals surface area contributed by atoms with E-state index >= 15 is 0 Å². The van der Waals surface area contributed by atoms with E-state index in [9.17, 15) is 9.59 Å². The van der Waals surface area contributed by atoms with Crippen molar-refractivity contribution in [1.29, 1.82) is 0 Å². The van der Waals surface area contributed by atoms with Gasteiger partial charge in [0, 0.05) is 37.2 Å². The zero-order chi connectivity index (χ0) is 13.4. The molecule has 2 aromatic heterocycles. The summed E-state index contributed by atoms with van der Waals surface area (Å²) in [5.41, 5.74) is 2.03. The quantitative estimate of drug-likeness (QED) is 0.821. The lowest BCUT2D eigenvalue weighted by Crippen LogP contribution is -2.41. The van der Waals surface area contributed by atoms with Crippen LogP contribution >= 0.6 is 0 Å². The molecule has 1 aliphatic rings. The van der Waals surface area contributed by atoms with E-state index in [0.717, 1.165) is 16.6 Å². The van der Waals surface area contributed by atoms with Gasteiger partial charge in [0.05, 0.1) is 0 Å². The Morgan fingerprint density at radius 2 is 2.26 bits per heavy atom. The van der Waals surface area contributed by atoms with E-state index in [0.29, 0.717) is 19.3 Å². The summed E-state index contributed by atoms with van der Waals surface area (Å²) < 4.78 is 1.96. The maximum Gasteiger partial charge on any atom is 0.230 e. The molecule has 1 atom stereocenters. The Hall–Kier alpha value is -2.17. The number of pyridine rings is 1. The lowest BCUT2D eigenvalue weighted by atomic mass is 9.90. The Bertz CT molecular complexity index is 660. The average Bonchev–Trinajstić information content (AvgIpc) is 2.76. The monoisotopic (exact) mass is 257 g/mol. The van der Waals surface area contributed by atoms with Gasteiger partial charge in [-0.15, -0.1) is 0 Å². The third-order valence-electron chi connectivity index (χ3n) is 3.68. The van der Waals surface area contributed by atoms with Gasteiger partial charge < -0.3 is 4.57 Å². The molecule has 1 fully saturated rings. The first-order valence-corrected chi connectivity index (χ1v) is 6.38. The number of aromatic nitrogens is 2. The van der Waals surface area contributed by atoms with Crippen molar-refractivity contribution in [2.75, 3.05) is 0 Å². The van der Waals surface area contributed by atoms with E-state index in [-0.39, 0.29) is 17.7 Å². The van der Waals surface area contributed by atoms with E-state index in [2.05, 4.69) is 10.3 Å². The topological polar surface area (TPSA) is 64.0 Å². The minimum Gasteiger partial charge on any atom is -0.336 e. The summed E-state index contributed by atoms with van der Waals surface area (Å²) in [7, 11) is 1.95. The average molecular weight is 257 g/mol. The van der Waals surface area contributed by atoms with Gasteiger partial charge in [0.15, 0.2) is 0 Å². The van der Waals surface area contributed by atoms with E-state index in [1.165, 1.54) is 0 Å². The molecule has 0 spiro atoms. The van der Waals surface area contributed by atoms with Crippen molar-refractivity contribution in [1.82, 2.24) is 14.9 Å². The number of rotatable bonds is 2. The minimum atomic E-state index is -0.166. The van der Waals surface area contributed by atoms with Crippen molar-refractivity contribution < 1.29 is 9.59 Å². The van der Waals surface area contributed by atoms with Crippen molar-refractivity contribution in [3.63, 3.8) is 0 Å². The highest BCUT2D eigenvalue weighted by molar-refractivity contribution is 5.98. The Kier molecular flexibility index (Phi) is 2.81. The first-order valence-electron chi connectivity index (χ1n) is 6.38. The number of nitrogens with zero attached hydrogens (tertiary/aromatic N) is 2. The van der Waals surface area contributed by atoms with Crippen LogP contribution in [0.3, 0.4) is 0 Å². The summed E-state index contributed by atoms with van der Waals surface area (Å²) >= 11 is 0. The van der Waals surface area contributed by atoms with Gasteiger partial charge in [-0.2, -0.15) is 0 Å². The standard InChI is InChI=1S/C14H15N3O2/c1-17-7-5-11-9(4-6-15-13(11)17)8-10-2-3-12(18)16-14(10)19/h4-7,10H,2-3,8H2,1H3,(H,16,18,19). The van der Waals surface area contributed by atoms with Crippen LogP contribution in [0.25, 0.3) is 11.0 Å². The summed E-state index contributed by atoms with van der Waals surface area (Å²) in [5.74, 6) is -0.443. The Morgan fingerprint density at radius 3 is 3.05 bits per heavy atom. The maximum atomic E-state index is 11.8. The fourth-order valence-corrected chi connectivity index (χ4v) is 2.60. The zero-order valence-electron chi connectivity index (χ0n) is 10.7. The van der Waals surface area contributed by atoms with Gasteiger partial charge in [-0.05, 0) is 30.5 Å². The van der Waals surface area contributed by atoms with Crippen molar-refractivity contribution >= 4 is 22.8 Å². The van der Waals surface area contributed by atoms with E-state index in [4.69, 9.17) is 0 Å². The minimum absolute atomic E-state index is 0.122. The number of carbonyl (C=O) groups is 2. The Morgan fingerprint density at radius 1 is 1.42 bits per heavy atom. The summed E-state index contributed by atoms with van der Waals surface area (Å²) in [4.78, 5) is 27.3. The number of fused-ring (bicyclic) bond motifs is 1. The first kappa shape index (κ1) is 11.9. The predicted molar refractivity (Wildman–Crippen MR) is 70.3 cm³/mol. The number of piperidine rings is 1. The largest absolute Gasteiger partial charge is 0.336 e. The molecule has 98 valence electrons. The lowest BCUT2D eigenvalue weighted by molar-refractivity contribution is -0.136. The van der Waals surface area contributed by atoms with Gasteiger partial charge in [0.25, 0.3) is 0 Å². The molecule has 2 aromatic rings. The van der Waals surface area contributed by atoms with Gasteiger partial charge in [-0.1, -0.05) is 0 Å². The smallest absolute Gasteiger partial charge is 0.230 e. The van der Waals surface area contributed by atoms with E-state index < -0.39 is 0 Å². The molecule has 1 N–H and O–H groups in total. The number of aryl methyl sites for hydroxylation is 1. The molecule has 0 aromatic carbocycles. The third-order valence-corrected chi connectivity index (χ3v) is 3.68. The second-order valence-corrected chi connectivity index (χ2v) is 4.99. The second-order valence-electron chi connectivity index (χ2n) is 4.99. The summed E-state index contributed by atoms with van der Waals surface area (Å²) in [6, 6.07) is 3.97. The second kappa shape index (κ2) is 4.50. The highest BCUT2D eigenvalue weighted by Gasteiger charge is 2.27. The first-order chi connectivity index (χ1) is 9.15. The SMILES string of the molecule is Cn1ccc2c(CC3CCC(=O)NC3=O)ccnc21. The molecule has 1 saturated heterocycles. The zero-order valence-corrected chi connectivity index (χ0v) is 10.7. The summed E-state index contributed by atoms with van der Waals surface area (Å²) in [5, 5.41) is 3.48. The molecule has 0 saturated carbocycles.